The van der Waals surface area contributed by atoms with E-state index in [4.69, 9.17) is 0 Å². The second kappa shape index (κ2) is 6.51. The van der Waals surface area contributed by atoms with Crippen LogP contribution in [-0.2, 0) is 14.8 Å². The Morgan fingerprint density at radius 1 is 1.30 bits per heavy atom. The highest BCUT2D eigenvalue weighted by molar-refractivity contribution is 9.10. The number of β-amino-alcohol motifs (C(OH)–C–C–N with tert-alkyl or cyclic N) is 1. The van der Waals surface area contributed by atoms with Crippen molar-refractivity contribution in [2.24, 2.45) is 0 Å². The molecular formula is C15H21BrN2O4S. The fourth-order valence-electron chi connectivity index (χ4n) is 2.48. The van der Waals surface area contributed by atoms with Gasteiger partial charge in [-0.05, 0) is 45.0 Å². The predicted molar refractivity (Wildman–Crippen MR) is 90.3 cm³/mol. The van der Waals surface area contributed by atoms with Crippen molar-refractivity contribution >= 4 is 31.9 Å². The maximum Gasteiger partial charge on any atom is 0.243 e. The van der Waals surface area contributed by atoms with Gasteiger partial charge in [0.2, 0.25) is 15.9 Å². The van der Waals surface area contributed by atoms with E-state index in [2.05, 4.69) is 21.2 Å². The van der Waals surface area contributed by atoms with E-state index < -0.39 is 33.6 Å². The summed E-state index contributed by atoms with van der Waals surface area (Å²) in [5, 5.41) is 12.7. The average molecular weight is 405 g/mol. The van der Waals surface area contributed by atoms with E-state index in [0.717, 1.165) is 8.78 Å². The van der Waals surface area contributed by atoms with E-state index in [0.29, 0.717) is 0 Å². The number of nitrogens with one attached hydrogen (secondary N) is 1. The molecule has 2 atom stereocenters. The highest BCUT2D eigenvalue weighted by Gasteiger charge is 2.44. The van der Waals surface area contributed by atoms with Crippen molar-refractivity contribution in [3.8, 4) is 0 Å². The summed E-state index contributed by atoms with van der Waals surface area (Å²) in [6, 6.07) is 5.30. The van der Waals surface area contributed by atoms with Gasteiger partial charge in [-0.1, -0.05) is 15.9 Å². The van der Waals surface area contributed by atoms with Crippen LogP contribution in [-0.4, -0.2) is 48.0 Å². The number of nitrogens with zero attached hydrogens (tertiary/aromatic N) is 1. The Hall–Kier alpha value is -0.960. The molecule has 128 valence electrons. The smallest absolute Gasteiger partial charge is 0.243 e. The lowest BCUT2D eigenvalue weighted by atomic mass is 10.1. The molecule has 1 aromatic carbocycles. The number of halogens is 1. The molecule has 1 aliphatic rings. The molecule has 23 heavy (non-hydrogen) atoms. The number of benzene rings is 1. The first-order valence-electron chi connectivity index (χ1n) is 7.28. The minimum Gasteiger partial charge on any atom is -0.392 e. The second-order valence-corrected chi connectivity index (χ2v) is 9.48. The SMILES string of the molecule is CC(C)(C)NC(=O)[C@H]1C[C@H](O)CN1S(=O)(=O)c1ccc(Br)cc1. The van der Waals surface area contributed by atoms with Crippen LogP contribution in [0.15, 0.2) is 33.6 Å². The van der Waals surface area contributed by atoms with Gasteiger partial charge in [-0.3, -0.25) is 4.79 Å². The first-order valence-corrected chi connectivity index (χ1v) is 9.51. The fraction of sp³-hybridized carbons (Fsp3) is 0.533. The van der Waals surface area contributed by atoms with Crippen LogP contribution in [0.5, 0.6) is 0 Å². The molecule has 0 aromatic heterocycles. The zero-order valence-electron chi connectivity index (χ0n) is 13.3. The molecule has 6 nitrogen and oxygen atoms in total. The molecule has 2 rings (SSSR count). The zero-order valence-corrected chi connectivity index (χ0v) is 15.7. The van der Waals surface area contributed by atoms with Crippen LogP contribution >= 0.6 is 15.9 Å². The summed E-state index contributed by atoms with van der Waals surface area (Å²) in [4.78, 5) is 12.5. The van der Waals surface area contributed by atoms with Gasteiger partial charge in [0.15, 0.2) is 0 Å². The summed E-state index contributed by atoms with van der Waals surface area (Å²) < 4.78 is 27.4. The Bertz CT molecular complexity index is 682. The molecule has 8 heteroatoms. The maximum absolute atomic E-state index is 12.8. The Morgan fingerprint density at radius 3 is 2.39 bits per heavy atom. The maximum atomic E-state index is 12.8. The number of hydrogen-bond donors (Lipinski definition) is 2. The molecule has 0 spiro atoms. The number of aliphatic hydroxyl groups excluding tert-OH is 1. The van der Waals surface area contributed by atoms with Crippen LogP contribution < -0.4 is 5.32 Å². The summed E-state index contributed by atoms with van der Waals surface area (Å²) in [5.74, 6) is -0.394. The number of aliphatic hydroxyl groups is 1. The van der Waals surface area contributed by atoms with Crippen molar-refractivity contribution in [2.45, 2.75) is 49.8 Å². The molecule has 1 fully saturated rings. The highest BCUT2D eigenvalue weighted by Crippen LogP contribution is 2.27. The quantitative estimate of drug-likeness (QED) is 0.798. The van der Waals surface area contributed by atoms with Crippen LogP contribution in [0, 0.1) is 0 Å². The van der Waals surface area contributed by atoms with Gasteiger partial charge in [0, 0.05) is 23.0 Å². The van der Waals surface area contributed by atoms with Gasteiger partial charge in [0.1, 0.15) is 6.04 Å². The van der Waals surface area contributed by atoms with Crippen LogP contribution in [0.25, 0.3) is 0 Å². The Balaban J connectivity index is 2.31. The molecule has 0 saturated carbocycles. The Morgan fingerprint density at radius 2 is 1.87 bits per heavy atom. The van der Waals surface area contributed by atoms with Gasteiger partial charge in [-0.25, -0.2) is 8.42 Å². The number of rotatable bonds is 3. The third-order valence-electron chi connectivity index (χ3n) is 3.45. The van der Waals surface area contributed by atoms with Gasteiger partial charge >= 0.3 is 0 Å². The normalized spacial score (nSPS) is 23.0. The molecule has 0 unspecified atom stereocenters. The minimum atomic E-state index is -3.85. The van der Waals surface area contributed by atoms with Crippen molar-refractivity contribution in [3.05, 3.63) is 28.7 Å². The zero-order chi connectivity index (χ0) is 17.4. The van der Waals surface area contributed by atoms with E-state index >= 15 is 0 Å². The molecule has 0 radical (unpaired) electrons. The number of sulfonamides is 1. The third kappa shape index (κ3) is 4.32. The van der Waals surface area contributed by atoms with Crippen molar-refractivity contribution in [1.82, 2.24) is 9.62 Å². The molecular weight excluding hydrogens is 384 g/mol. The monoisotopic (exact) mass is 404 g/mol. The largest absolute Gasteiger partial charge is 0.392 e. The minimum absolute atomic E-state index is 0.0827. The fourth-order valence-corrected chi connectivity index (χ4v) is 4.38. The van der Waals surface area contributed by atoms with Crippen molar-refractivity contribution in [3.63, 3.8) is 0 Å². The van der Waals surface area contributed by atoms with Gasteiger partial charge < -0.3 is 10.4 Å². The molecule has 0 bridgehead atoms. The Kier molecular flexibility index (Phi) is 5.20. The number of carbonyl (C=O) groups excluding carboxylic acids is 1. The summed E-state index contributed by atoms with van der Waals surface area (Å²) in [6.45, 7) is 5.39. The number of amides is 1. The molecule has 1 saturated heterocycles. The highest BCUT2D eigenvalue weighted by atomic mass is 79.9. The van der Waals surface area contributed by atoms with E-state index in [1.165, 1.54) is 12.1 Å². The predicted octanol–water partition coefficient (Wildman–Crippen LogP) is 1.49. The van der Waals surface area contributed by atoms with E-state index in [1.54, 1.807) is 12.1 Å². The Labute approximate surface area is 145 Å². The molecule has 2 N–H and O–H groups in total. The van der Waals surface area contributed by atoms with E-state index in [9.17, 15) is 18.3 Å². The lowest BCUT2D eigenvalue weighted by Crippen LogP contribution is -2.51. The second-order valence-electron chi connectivity index (χ2n) is 6.67. The van der Waals surface area contributed by atoms with E-state index in [1.807, 2.05) is 20.8 Å². The summed E-state index contributed by atoms with van der Waals surface area (Å²) in [5.41, 5.74) is -0.475. The number of hydrogen-bond acceptors (Lipinski definition) is 4. The summed E-state index contributed by atoms with van der Waals surface area (Å²) in [6.07, 6.45) is -0.756. The number of carbonyl (C=O) groups is 1. The van der Waals surface area contributed by atoms with Crippen LogP contribution in [0.3, 0.4) is 0 Å². The lowest BCUT2D eigenvalue weighted by Gasteiger charge is -2.27. The van der Waals surface area contributed by atoms with Gasteiger partial charge in [0.05, 0.1) is 11.0 Å². The molecule has 1 heterocycles. The topological polar surface area (TPSA) is 86.7 Å². The van der Waals surface area contributed by atoms with Crippen LogP contribution in [0.1, 0.15) is 27.2 Å². The molecule has 1 aromatic rings. The standard InChI is InChI=1S/C15H21BrN2O4S/c1-15(2,3)17-14(20)13-8-11(19)9-18(13)23(21,22)12-6-4-10(16)5-7-12/h4-7,11,13,19H,8-9H2,1-3H3,(H,17,20)/t11-,13+/m0/s1. The van der Waals surface area contributed by atoms with Gasteiger partial charge in [0.25, 0.3) is 0 Å². The average Bonchev–Trinajstić information content (AvgIpc) is 2.80. The molecule has 0 aliphatic carbocycles. The van der Waals surface area contributed by atoms with Gasteiger partial charge in [-0.2, -0.15) is 4.31 Å². The summed E-state index contributed by atoms with van der Waals surface area (Å²) in [7, 11) is -3.85. The molecule has 1 amide bonds. The van der Waals surface area contributed by atoms with Crippen LogP contribution in [0.2, 0.25) is 0 Å². The van der Waals surface area contributed by atoms with Crippen molar-refractivity contribution in [2.75, 3.05) is 6.54 Å². The summed E-state index contributed by atoms with van der Waals surface area (Å²) >= 11 is 3.26. The van der Waals surface area contributed by atoms with Gasteiger partial charge in [-0.15, -0.1) is 0 Å². The first-order chi connectivity index (χ1) is 10.5. The van der Waals surface area contributed by atoms with Crippen molar-refractivity contribution < 1.29 is 18.3 Å². The first kappa shape index (κ1) is 18.4. The van der Waals surface area contributed by atoms with Crippen molar-refractivity contribution in [1.29, 1.82) is 0 Å². The van der Waals surface area contributed by atoms with E-state index in [-0.39, 0.29) is 17.9 Å². The third-order valence-corrected chi connectivity index (χ3v) is 5.87. The van der Waals surface area contributed by atoms with Crippen LogP contribution in [0.4, 0.5) is 0 Å². The molecule has 1 aliphatic heterocycles. The lowest BCUT2D eigenvalue weighted by molar-refractivity contribution is -0.125.